The molecule has 2 saturated heterocycles. The van der Waals surface area contributed by atoms with E-state index in [1.165, 1.54) is 11.7 Å². The number of piperidine rings is 1. The third kappa shape index (κ3) is 3.63. The quantitative estimate of drug-likeness (QED) is 0.570. The molecule has 11 heteroatoms. The summed E-state index contributed by atoms with van der Waals surface area (Å²) in [5, 5.41) is 20.0. The highest BCUT2D eigenvalue weighted by atomic mass is 19.1. The summed E-state index contributed by atoms with van der Waals surface area (Å²) in [5.74, 6) is 1.32. The van der Waals surface area contributed by atoms with Crippen LogP contribution in [0.3, 0.4) is 0 Å². The van der Waals surface area contributed by atoms with E-state index in [9.17, 15) is 9.82 Å². The first-order valence-corrected chi connectivity index (χ1v) is 11.5. The Morgan fingerprint density at radius 3 is 2.76 bits per heavy atom. The summed E-state index contributed by atoms with van der Waals surface area (Å²) in [5.41, 5.74) is 0.506. The van der Waals surface area contributed by atoms with Gasteiger partial charge in [0.2, 0.25) is 0 Å². The minimum absolute atomic E-state index is 0.116. The summed E-state index contributed by atoms with van der Waals surface area (Å²) < 4.78 is 22.5. The lowest BCUT2D eigenvalue weighted by atomic mass is 9.78. The van der Waals surface area contributed by atoms with Crippen molar-refractivity contribution in [3.63, 3.8) is 0 Å². The average molecular weight is 466 g/mol. The fraction of sp³-hybridized carbons (Fsp3) is 0.478. The molecule has 9 nitrogen and oxygen atoms in total. The zero-order valence-corrected chi connectivity index (χ0v) is 19.7. The maximum absolute atomic E-state index is 15.4. The molecule has 5 rings (SSSR count). The first kappa shape index (κ1) is 22.7. The number of pyridine rings is 1. The lowest BCUT2D eigenvalue weighted by molar-refractivity contribution is 0.0962. The maximum atomic E-state index is 15.4. The number of hydrogen-bond acceptors (Lipinski definition) is 8. The predicted molar refractivity (Wildman–Crippen MR) is 129 cm³/mol. The standard InChI is InChI=1S/C23H28BFN6O3/c1-24(33)31-14-5-6-17(31)21(25)18(10-14)30(3)20-12-26-22(28-27-20)16-9-13-7-8-29(2)23(32)15(13)11-19(16)34-4/h7-9,11-12,14,17-18,21,33H,5-6,10H2,1-4H3/t14?,17?,18-,21+/m0/s1. The van der Waals surface area contributed by atoms with Gasteiger partial charge in [0, 0.05) is 32.4 Å². The molecule has 2 aliphatic rings. The molecule has 0 aliphatic carbocycles. The van der Waals surface area contributed by atoms with Gasteiger partial charge < -0.3 is 24.0 Å². The van der Waals surface area contributed by atoms with Gasteiger partial charge in [-0.05, 0) is 49.7 Å². The number of anilines is 1. The summed E-state index contributed by atoms with van der Waals surface area (Å²) in [6.07, 6.45) is 4.43. The minimum Gasteiger partial charge on any atom is -0.496 e. The Balaban J connectivity index is 1.43. The van der Waals surface area contributed by atoms with Gasteiger partial charge in [-0.1, -0.05) is 0 Å². The van der Waals surface area contributed by atoms with E-state index in [1.54, 1.807) is 37.2 Å². The summed E-state index contributed by atoms with van der Waals surface area (Å²) in [6, 6.07) is 4.86. The Labute approximate surface area is 197 Å². The van der Waals surface area contributed by atoms with E-state index in [0.717, 1.165) is 18.2 Å². The Morgan fingerprint density at radius 2 is 2.09 bits per heavy atom. The number of ether oxygens (including phenoxy) is 1. The van der Waals surface area contributed by atoms with Crippen LogP contribution in [0.1, 0.15) is 19.3 Å². The number of rotatable bonds is 5. The van der Waals surface area contributed by atoms with Gasteiger partial charge in [-0.25, -0.2) is 9.37 Å². The highest BCUT2D eigenvalue weighted by molar-refractivity contribution is 6.45. The molecule has 2 bridgehead atoms. The molecule has 4 heterocycles. The first-order valence-electron chi connectivity index (χ1n) is 11.5. The smallest absolute Gasteiger partial charge is 0.376 e. The van der Waals surface area contributed by atoms with Crippen molar-refractivity contribution in [2.75, 3.05) is 19.1 Å². The number of aryl methyl sites for hydroxylation is 1. The van der Waals surface area contributed by atoms with Crippen molar-refractivity contribution in [2.45, 2.75) is 50.4 Å². The van der Waals surface area contributed by atoms with E-state index in [2.05, 4.69) is 15.2 Å². The molecular weight excluding hydrogens is 438 g/mol. The van der Waals surface area contributed by atoms with Gasteiger partial charge in [-0.15, -0.1) is 10.2 Å². The van der Waals surface area contributed by atoms with Gasteiger partial charge in [0.25, 0.3) is 5.56 Å². The van der Waals surface area contributed by atoms with Crippen LogP contribution in [0.5, 0.6) is 5.75 Å². The SMILES string of the molecule is COc1cc2c(=O)n(C)ccc2cc1-c1ncc(N(C)[C@H]2CC3CCC([C@H]2F)N3B(C)O)nn1. The normalized spacial score (nSPS) is 24.4. The summed E-state index contributed by atoms with van der Waals surface area (Å²) in [6.45, 7) is 1.70. The molecule has 3 aromatic rings. The van der Waals surface area contributed by atoms with E-state index in [1.807, 2.05) is 24.0 Å². The van der Waals surface area contributed by atoms with Crippen LogP contribution >= 0.6 is 0 Å². The monoisotopic (exact) mass is 466 g/mol. The molecule has 34 heavy (non-hydrogen) atoms. The topological polar surface area (TPSA) is 96.6 Å². The van der Waals surface area contributed by atoms with E-state index < -0.39 is 13.2 Å². The van der Waals surface area contributed by atoms with Crippen LogP contribution in [0.2, 0.25) is 6.82 Å². The van der Waals surface area contributed by atoms with Crippen molar-refractivity contribution in [1.29, 1.82) is 0 Å². The van der Waals surface area contributed by atoms with Gasteiger partial charge in [-0.3, -0.25) is 4.79 Å². The van der Waals surface area contributed by atoms with Crippen molar-refractivity contribution in [3.05, 3.63) is 40.9 Å². The second-order valence-electron chi connectivity index (χ2n) is 9.25. The van der Waals surface area contributed by atoms with Crippen LogP contribution in [0.25, 0.3) is 22.2 Å². The number of alkyl halides is 1. The Bertz CT molecular complexity index is 1270. The fourth-order valence-corrected chi connectivity index (χ4v) is 5.55. The van der Waals surface area contributed by atoms with Crippen LogP contribution in [-0.4, -0.2) is 75.1 Å². The summed E-state index contributed by atoms with van der Waals surface area (Å²) >= 11 is 0. The lowest BCUT2D eigenvalue weighted by Gasteiger charge is -2.45. The molecule has 0 saturated carbocycles. The predicted octanol–water partition coefficient (Wildman–Crippen LogP) is 1.89. The van der Waals surface area contributed by atoms with Crippen molar-refractivity contribution in [1.82, 2.24) is 24.6 Å². The molecule has 2 aliphatic heterocycles. The summed E-state index contributed by atoms with van der Waals surface area (Å²) in [7, 11) is 4.39. The fourth-order valence-electron chi connectivity index (χ4n) is 5.55. The van der Waals surface area contributed by atoms with Gasteiger partial charge in [0.1, 0.15) is 11.9 Å². The number of aromatic nitrogens is 4. The van der Waals surface area contributed by atoms with E-state index in [0.29, 0.717) is 34.8 Å². The average Bonchev–Trinajstić information content (AvgIpc) is 3.20. The number of halogens is 1. The Morgan fingerprint density at radius 1 is 1.29 bits per heavy atom. The van der Waals surface area contributed by atoms with Crippen LogP contribution in [0.15, 0.2) is 35.4 Å². The summed E-state index contributed by atoms with van der Waals surface area (Å²) in [4.78, 5) is 20.7. The maximum Gasteiger partial charge on any atom is 0.376 e. The van der Waals surface area contributed by atoms with Crippen LogP contribution < -0.4 is 15.2 Å². The molecule has 2 fully saturated rings. The largest absolute Gasteiger partial charge is 0.496 e. The van der Waals surface area contributed by atoms with E-state index in [4.69, 9.17) is 4.74 Å². The molecule has 4 atom stereocenters. The first-order chi connectivity index (χ1) is 16.3. The molecule has 2 unspecified atom stereocenters. The Kier molecular flexibility index (Phi) is 5.77. The molecule has 0 radical (unpaired) electrons. The molecule has 0 amide bonds. The number of hydrogen-bond donors (Lipinski definition) is 1. The van der Waals surface area contributed by atoms with E-state index >= 15 is 4.39 Å². The van der Waals surface area contributed by atoms with Crippen LogP contribution in [0, 0.1) is 0 Å². The van der Waals surface area contributed by atoms with Crippen molar-refractivity contribution in [2.24, 2.45) is 7.05 Å². The zero-order chi connectivity index (χ0) is 24.1. The van der Waals surface area contributed by atoms with E-state index in [-0.39, 0.29) is 23.7 Å². The van der Waals surface area contributed by atoms with Gasteiger partial charge in [-0.2, -0.15) is 0 Å². The second kappa shape index (κ2) is 8.63. The number of methoxy groups -OCH3 is 1. The Hall–Kier alpha value is -3.05. The van der Waals surface area contributed by atoms with Crippen molar-refractivity contribution in [3.8, 4) is 17.1 Å². The molecule has 178 valence electrons. The van der Waals surface area contributed by atoms with Crippen LogP contribution in [-0.2, 0) is 7.05 Å². The zero-order valence-electron chi connectivity index (χ0n) is 19.7. The van der Waals surface area contributed by atoms with Crippen LogP contribution in [0.4, 0.5) is 10.2 Å². The van der Waals surface area contributed by atoms with Gasteiger partial charge in [0.05, 0.1) is 30.3 Å². The number of fused-ring (bicyclic) bond motifs is 3. The van der Waals surface area contributed by atoms with Crippen molar-refractivity contribution >= 4 is 23.6 Å². The second-order valence-corrected chi connectivity index (χ2v) is 9.25. The highest BCUT2D eigenvalue weighted by Crippen LogP contribution is 2.40. The lowest BCUT2D eigenvalue weighted by Crippen LogP contribution is -2.60. The molecule has 2 aromatic heterocycles. The molecule has 0 spiro atoms. The third-order valence-electron chi connectivity index (χ3n) is 7.33. The number of benzene rings is 1. The minimum atomic E-state index is -1.11. The third-order valence-corrected chi connectivity index (χ3v) is 7.33. The van der Waals surface area contributed by atoms with Gasteiger partial charge in [0.15, 0.2) is 11.6 Å². The van der Waals surface area contributed by atoms with Crippen molar-refractivity contribution < 1.29 is 14.2 Å². The molecule has 1 N–H and O–H groups in total. The van der Waals surface area contributed by atoms with Gasteiger partial charge >= 0.3 is 7.05 Å². The molecule has 1 aromatic carbocycles. The highest BCUT2D eigenvalue weighted by Gasteiger charge is 2.51. The molecular formula is C23H28BFN6O3. The number of nitrogens with zero attached hydrogens (tertiary/aromatic N) is 6.